The van der Waals surface area contributed by atoms with Gasteiger partial charge in [-0.3, -0.25) is 9.59 Å². The number of carbonyl (C=O) groups is 2. The van der Waals surface area contributed by atoms with Crippen LogP contribution >= 0.6 is 0 Å². The van der Waals surface area contributed by atoms with E-state index < -0.39 is 0 Å². The van der Waals surface area contributed by atoms with Gasteiger partial charge in [-0.15, -0.1) is 6.42 Å². The topological polar surface area (TPSA) is 101 Å². The zero-order valence-electron chi connectivity index (χ0n) is 20.1. The maximum Gasteiger partial charge on any atom is 0.298 e. The van der Waals surface area contributed by atoms with Crippen molar-refractivity contribution >= 4 is 35.2 Å². The van der Waals surface area contributed by atoms with Gasteiger partial charge in [-0.25, -0.2) is 4.98 Å². The molecule has 3 aromatic rings. The highest BCUT2D eigenvalue weighted by molar-refractivity contribution is 5.94. The summed E-state index contributed by atoms with van der Waals surface area (Å²) in [5.74, 6) is 4.13. The molecule has 2 aromatic carbocycles. The van der Waals surface area contributed by atoms with E-state index in [-0.39, 0.29) is 17.8 Å². The predicted molar refractivity (Wildman–Crippen MR) is 139 cm³/mol. The van der Waals surface area contributed by atoms with Crippen molar-refractivity contribution < 1.29 is 19.1 Å². The van der Waals surface area contributed by atoms with Crippen molar-refractivity contribution in [3.05, 3.63) is 60.8 Å². The number of nitrogens with two attached hydrogens (primary N) is 1. The fraction of sp³-hybridized carbons (Fsp3) is 0.222. The van der Waals surface area contributed by atoms with E-state index in [2.05, 4.69) is 10.9 Å². The van der Waals surface area contributed by atoms with Crippen LogP contribution in [0.15, 0.2) is 60.8 Å². The van der Waals surface area contributed by atoms with Gasteiger partial charge < -0.3 is 29.9 Å². The minimum absolute atomic E-state index is 0.228. The average molecular weight is 486 g/mol. The van der Waals surface area contributed by atoms with Crippen molar-refractivity contribution in [2.45, 2.75) is 12.5 Å². The Morgan fingerprint density at radius 3 is 2.39 bits per heavy atom. The summed E-state index contributed by atoms with van der Waals surface area (Å²) in [6, 6.07) is 16.3. The van der Waals surface area contributed by atoms with E-state index in [1.165, 1.54) is 0 Å². The van der Waals surface area contributed by atoms with E-state index in [1.54, 1.807) is 29.2 Å². The lowest BCUT2D eigenvalue weighted by molar-refractivity contribution is -0.124. The second-order valence-corrected chi connectivity index (χ2v) is 8.25. The van der Waals surface area contributed by atoms with Gasteiger partial charge in [0, 0.05) is 32.0 Å². The van der Waals surface area contributed by atoms with Gasteiger partial charge in [0.15, 0.2) is 0 Å². The second kappa shape index (κ2) is 10.7. The minimum atomic E-state index is -0.383. The summed E-state index contributed by atoms with van der Waals surface area (Å²) < 4.78 is 11.1. The van der Waals surface area contributed by atoms with Crippen molar-refractivity contribution in [3.63, 3.8) is 0 Å². The molecule has 9 heteroatoms. The van der Waals surface area contributed by atoms with E-state index in [1.807, 2.05) is 60.5 Å². The number of rotatable bonds is 8. The molecule has 1 fully saturated rings. The Bertz CT molecular complexity index is 1270. The van der Waals surface area contributed by atoms with Crippen LogP contribution in [0.1, 0.15) is 6.42 Å². The molecule has 184 valence electrons. The van der Waals surface area contributed by atoms with Crippen molar-refractivity contribution in [3.8, 4) is 29.6 Å². The molecule has 1 unspecified atom stereocenters. The van der Waals surface area contributed by atoms with Gasteiger partial charge >= 0.3 is 0 Å². The number of hydrogen-bond donors (Lipinski definition) is 1. The highest BCUT2D eigenvalue weighted by atomic mass is 16.5. The first kappa shape index (κ1) is 24.4. The molecular formula is C27H27N5O4. The number of likely N-dealkylation sites (tertiary alicyclic amines) is 1. The predicted octanol–water partition coefficient (Wildman–Crippen LogP) is 3.43. The summed E-state index contributed by atoms with van der Waals surface area (Å²) in [6.07, 6.45) is 8.18. The summed E-state index contributed by atoms with van der Waals surface area (Å²) >= 11 is 0. The van der Waals surface area contributed by atoms with Crippen molar-refractivity contribution in [2.75, 3.05) is 42.8 Å². The highest BCUT2D eigenvalue weighted by Crippen LogP contribution is 2.39. The molecule has 0 spiro atoms. The Kier molecular flexibility index (Phi) is 7.25. The number of ether oxygens (including phenoxy) is 2. The van der Waals surface area contributed by atoms with E-state index >= 15 is 0 Å². The SMILES string of the molecule is C#CC(=O)N1CCC(N(C=O)c2ccnc(N)c2N(C)c2ccc(Oc3ccc(OC)cc3)cc2)C1. The maximum absolute atomic E-state index is 12.2. The van der Waals surface area contributed by atoms with Crippen LogP contribution in [0, 0.1) is 12.3 Å². The van der Waals surface area contributed by atoms with Crippen LogP contribution in [-0.4, -0.2) is 55.5 Å². The van der Waals surface area contributed by atoms with E-state index in [9.17, 15) is 9.59 Å². The normalized spacial score (nSPS) is 14.6. The Balaban J connectivity index is 1.56. The maximum atomic E-state index is 12.2. The molecule has 2 amide bonds. The molecule has 2 N–H and O–H groups in total. The van der Waals surface area contributed by atoms with E-state index in [4.69, 9.17) is 21.6 Å². The van der Waals surface area contributed by atoms with Crippen LogP contribution in [0.2, 0.25) is 0 Å². The third-order valence-electron chi connectivity index (χ3n) is 6.15. The number of anilines is 4. The van der Waals surface area contributed by atoms with Gasteiger partial charge in [0.2, 0.25) is 6.41 Å². The van der Waals surface area contributed by atoms with Gasteiger partial charge in [-0.2, -0.15) is 0 Å². The molecular weight excluding hydrogens is 458 g/mol. The number of aromatic nitrogens is 1. The Labute approximate surface area is 210 Å². The molecule has 0 aliphatic carbocycles. The first-order valence-electron chi connectivity index (χ1n) is 11.3. The van der Waals surface area contributed by atoms with Gasteiger partial charge in [0.05, 0.1) is 18.8 Å². The smallest absolute Gasteiger partial charge is 0.298 e. The number of nitrogens with zero attached hydrogens (tertiary/aromatic N) is 4. The molecule has 1 aromatic heterocycles. The molecule has 1 aliphatic rings. The number of amides is 2. The quantitative estimate of drug-likeness (QED) is 0.385. The van der Waals surface area contributed by atoms with Gasteiger partial charge in [0.25, 0.3) is 5.91 Å². The molecule has 0 bridgehead atoms. The lowest BCUT2D eigenvalue weighted by atomic mass is 10.1. The molecule has 0 radical (unpaired) electrons. The van der Waals surface area contributed by atoms with Gasteiger partial charge in [0.1, 0.15) is 28.8 Å². The zero-order chi connectivity index (χ0) is 25.7. The van der Waals surface area contributed by atoms with Crippen molar-refractivity contribution in [1.29, 1.82) is 0 Å². The van der Waals surface area contributed by atoms with E-state index in [0.29, 0.717) is 42.4 Å². The number of hydrogen-bond acceptors (Lipinski definition) is 7. The Morgan fingerprint density at radius 2 is 1.78 bits per heavy atom. The molecule has 4 rings (SSSR count). The largest absolute Gasteiger partial charge is 0.497 e. The minimum Gasteiger partial charge on any atom is -0.497 e. The Hall–Kier alpha value is -4.71. The zero-order valence-corrected chi connectivity index (χ0v) is 20.1. The number of pyridine rings is 1. The van der Waals surface area contributed by atoms with Crippen LogP contribution in [0.4, 0.5) is 22.9 Å². The number of benzene rings is 2. The molecule has 1 atom stereocenters. The first-order valence-corrected chi connectivity index (χ1v) is 11.3. The second-order valence-electron chi connectivity index (χ2n) is 8.25. The third kappa shape index (κ3) is 5.03. The summed E-state index contributed by atoms with van der Waals surface area (Å²) in [5.41, 5.74) is 8.28. The molecule has 1 saturated heterocycles. The van der Waals surface area contributed by atoms with Crippen molar-refractivity contribution in [1.82, 2.24) is 9.88 Å². The lowest BCUT2D eigenvalue weighted by Crippen LogP contribution is -2.38. The molecule has 2 heterocycles. The molecule has 36 heavy (non-hydrogen) atoms. The number of nitrogen functional groups attached to an aromatic ring is 1. The fourth-order valence-corrected chi connectivity index (χ4v) is 4.24. The molecule has 0 saturated carbocycles. The summed E-state index contributed by atoms with van der Waals surface area (Å²) in [7, 11) is 3.46. The van der Waals surface area contributed by atoms with Crippen LogP contribution < -0.4 is 25.0 Å². The van der Waals surface area contributed by atoms with Crippen LogP contribution in [0.3, 0.4) is 0 Å². The summed E-state index contributed by atoms with van der Waals surface area (Å²) in [6.45, 7) is 0.837. The van der Waals surface area contributed by atoms with E-state index in [0.717, 1.165) is 17.8 Å². The molecule has 9 nitrogen and oxygen atoms in total. The monoisotopic (exact) mass is 485 g/mol. The average Bonchev–Trinajstić information content (AvgIpc) is 3.39. The number of methoxy groups -OCH3 is 1. The Morgan fingerprint density at radius 1 is 1.14 bits per heavy atom. The fourth-order valence-electron chi connectivity index (χ4n) is 4.24. The van der Waals surface area contributed by atoms with Crippen LogP contribution in [0.5, 0.6) is 17.2 Å². The number of terminal acetylenes is 1. The van der Waals surface area contributed by atoms with Crippen molar-refractivity contribution in [2.24, 2.45) is 0 Å². The standard InChI is InChI=1S/C27H27N5O4/c1-4-25(34)31-16-14-20(17-31)32(18-33)24-13-15-29-27(28)26(24)30(2)19-5-7-22(8-6-19)36-23-11-9-21(35-3)10-12-23/h1,5-13,15,18,20H,14,16-17H2,2-3H3,(H2,28,29). The summed E-state index contributed by atoms with van der Waals surface area (Å²) in [4.78, 5) is 33.4. The van der Waals surface area contributed by atoms with Crippen LogP contribution in [-0.2, 0) is 9.59 Å². The number of carbonyl (C=O) groups excluding carboxylic acids is 2. The third-order valence-corrected chi connectivity index (χ3v) is 6.15. The molecule has 1 aliphatic heterocycles. The van der Waals surface area contributed by atoms with Gasteiger partial charge in [-0.1, -0.05) is 0 Å². The first-order chi connectivity index (χ1) is 17.4. The van der Waals surface area contributed by atoms with Crippen LogP contribution in [0.25, 0.3) is 0 Å². The summed E-state index contributed by atoms with van der Waals surface area (Å²) in [5, 5.41) is 0. The highest BCUT2D eigenvalue weighted by Gasteiger charge is 2.32. The van der Waals surface area contributed by atoms with Gasteiger partial charge in [-0.05, 0) is 66.9 Å². The lowest BCUT2D eigenvalue weighted by Gasteiger charge is -2.31.